The number of carbonyl (C=O) groups is 1. The van der Waals surface area contributed by atoms with Crippen molar-refractivity contribution in [2.45, 2.75) is 6.42 Å². The molecule has 0 atom stereocenters. The van der Waals surface area contributed by atoms with Gasteiger partial charge in [0.05, 0.1) is 6.26 Å². The van der Waals surface area contributed by atoms with Crippen LogP contribution in [0.5, 0.6) is 5.75 Å². The number of ether oxygens (including phenoxy) is 2. The molecule has 0 aliphatic rings. The molecule has 0 spiro atoms. The second-order valence-corrected chi connectivity index (χ2v) is 3.84. The third-order valence-corrected chi connectivity index (χ3v) is 2.40. The minimum absolute atomic E-state index is 0.462. The smallest absolute Gasteiger partial charge is 0.403 e. The number of benzene rings is 2. The molecule has 3 nitrogen and oxygen atoms in total. The fourth-order valence-electron chi connectivity index (χ4n) is 1.51. The van der Waals surface area contributed by atoms with E-state index in [0.717, 1.165) is 5.56 Å². The van der Waals surface area contributed by atoms with Gasteiger partial charge in [-0.05, 0) is 30.2 Å². The number of allylic oxidation sites excluding steroid dienone is 1. The van der Waals surface area contributed by atoms with Crippen molar-refractivity contribution < 1.29 is 14.3 Å². The lowest BCUT2D eigenvalue weighted by atomic mass is 10.2. The summed E-state index contributed by atoms with van der Waals surface area (Å²) in [5.74, 6) is 0.462. The molecule has 0 unspecified atom stereocenters. The van der Waals surface area contributed by atoms with E-state index in [1.54, 1.807) is 30.3 Å². The highest BCUT2D eigenvalue weighted by molar-refractivity contribution is 5.64. The predicted octanol–water partition coefficient (Wildman–Crippen LogP) is 3.96. The van der Waals surface area contributed by atoms with Gasteiger partial charge in [0, 0.05) is 0 Å². The van der Waals surface area contributed by atoms with Crippen molar-refractivity contribution in [1.82, 2.24) is 0 Å². The van der Waals surface area contributed by atoms with Crippen LogP contribution in [-0.4, -0.2) is 6.16 Å². The fourth-order valence-corrected chi connectivity index (χ4v) is 1.51. The Morgan fingerprint density at radius 3 is 2.26 bits per heavy atom. The molecule has 19 heavy (non-hydrogen) atoms. The Morgan fingerprint density at radius 2 is 1.58 bits per heavy atom. The number of carbonyl (C=O) groups excluding carboxylic acids is 1. The van der Waals surface area contributed by atoms with Crippen molar-refractivity contribution in [3.8, 4) is 5.75 Å². The Hall–Kier alpha value is -2.55. The van der Waals surface area contributed by atoms with E-state index in [9.17, 15) is 4.79 Å². The van der Waals surface area contributed by atoms with Crippen LogP contribution in [0, 0.1) is 0 Å². The van der Waals surface area contributed by atoms with E-state index in [-0.39, 0.29) is 0 Å². The monoisotopic (exact) mass is 254 g/mol. The zero-order valence-corrected chi connectivity index (χ0v) is 10.4. The zero-order valence-electron chi connectivity index (χ0n) is 10.4. The minimum Gasteiger partial charge on any atom is -0.403 e. The van der Waals surface area contributed by atoms with Gasteiger partial charge >= 0.3 is 6.16 Å². The highest BCUT2D eigenvalue weighted by Gasteiger charge is 2.02. The van der Waals surface area contributed by atoms with Gasteiger partial charge in [-0.2, -0.15) is 0 Å². The summed E-state index contributed by atoms with van der Waals surface area (Å²) in [4.78, 5) is 11.3. The summed E-state index contributed by atoms with van der Waals surface area (Å²) < 4.78 is 9.78. The second kappa shape index (κ2) is 7.01. The standard InChI is InChI=1S/C16H14O3/c17-16(19-15-11-5-2-6-12-15)18-13-7-10-14-8-3-1-4-9-14/h1-9,11-13H,10H2. The first-order valence-corrected chi connectivity index (χ1v) is 5.97. The van der Waals surface area contributed by atoms with Gasteiger partial charge in [0.15, 0.2) is 0 Å². The summed E-state index contributed by atoms with van der Waals surface area (Å²) in [6, 6.07) is 18.7. The summed E-state index contributed by atoms with van der Waals surface area (Å²) in [6.07, 6.45) is 3.08. The van der Waals surface area contributed by atoms with Crippen LogP contribution < -0.4 is 4.74 Å². The van der Waals surface area contributed by atoms with Crippen molar-refractivity contribution >= 4 is 6.16 Å². The SMILES string of the molecule is O=C(OC=CCc1ccccc1)Oc1ccccc1. The van der Waals surface area contributed by atoms with Crippen LogP contribution >= 0.6 is 0 Å². The van der Waals surface area contributed by atoms with E-state index in [2.05, 4.69) is 0 Å². The fraction of sp³-hybridized carbons (Fsp3) is 0.0625. The zero-order chi connectivity index (χ0) is 13.3. The van der Waals surface area contributed by atoms with E-state index in [4.69, 9.17) is 9.47 Å². The Bertz CT molecular complexity index is 532. The molecule has 0 bridgehead atoms. The van der Waals surface area contributed by atoms with Crippen LogP contribution in [0.1, 0.15) is 5.56 Å². The summed E-state index contributed by atoms with van der Waals surface area (Å²) in [7, 11) is 0. The Morgan fingerprint density at radius 1 is 0.947 bits per heavy atom. The summed E-state index contributed by atoms with van der Waals surface area (Å²) in [5.41, 5.74) is 1.15. The average molecular weight is 254 g/mol. The first-order chi connectivity index (χ1) is 9.34. The van der Waals surface area contributed by atoms with E-state index in [0.29, 0.717) is 12.2 Å². The third kappa shape index (κ3) is 4.68. The van der Waals surface area contributed by atoms with Crippen LogP contribution in [0.4, 0.5) is 4.79 Å². The lowest BCUT2D eigenvalue weighted by Gasteiger charge is -2.01. The van der Waals surface area contributed by atoms with Crippen LogP contribution in [0.3, 0.4) is 0 Å². The second-order valence-electron chi connectivity index (χ2n) is 3.84. The third-order valence-electron chi connectivity index (χ3n) is 2.40. The molecule has 0 fully saturated rings. The van der Waals surface area contributed by atoms with Gasteiger partial charge < -0.3 is 9.47 Å². The Kier molecular flexibility index (Phi) is 4.76. The average Bonchev–Trinajstić information content (AvgIpc) is 2.46. The first kappa shape index (κ1) is 12.9. The molecule has 0 saturated heterocycles. The molecule has 0 aliphatic carbocycles. The van der Waals surface area contributed by atoms with Crippen LogP contribution in [0.25, 0.3) is 0 Å². The lowest BCUT2D eigenvalue weighted by molar-refractivity contribution is 0.135. The summed E-state index contributed by atoms with van der Waals surface area (Å²) in [6.45, 7) is 0. The minimum atomic E-state index is -0.740. The molecule has 0 N–H and O–H groups in total. The molecule has 2 aromatic rings. The van der Waals surface area contributed by atoms with Crippen LogP contribution in [0.2, 0.25) is 0 Å². The molecule has 0 radical (unpaired) electrons. The van der Waals surface area contributed by atoms with Gasteiger partial charge in [0.1, 0.15) is 5.75 Å². The molecule has 96 valence electrons. The van der Waals surface area contributed by atoms with Gasteiger partial charge in [-0.15, -0.1) is 0 Å². The normalized spacial score (nSPS) is 10.3. The van der Waals surface area contributed by atoms with Crippen molar-refractivity contribution in [1.29, 1.82) is 0 Å². The van der Waals surface area contributed by atoms with E-state index in [1.165, 1.54) is 6.26 Å². The summed E-state index contributed by atoms with van der Waals surface area (Å²) in [5, 5.41) is 0. The van der Waals surface area contributed by atoms with Crippen molar-refractivity contribution in [2.24, 2.45) is 0 Å². The van der Waals surface area contributed by atoms with Gasteiger partial charge in [0.2, 0.25) is 0 Å². The number of hydrogen-bond acceptors (Lipinski definition) is 3. The predicted molar refractivity (Wildman–Crippen MR) is 72.8 cm³/mol. The molecule has 0 aromatic heterocycles. The first-order valence-electron chi connectivity index (χ1n) is 5.97. The molecule has 2 rings (SSSR count). The molecular formula is C16H14O3. The molecule has 0 amide bonds. The molecule has 3 heteroatoms. The topological polar surface area (TPSA) is 35.5 Å². The highest BCUT2D eigenvalue weighted by atomic mass is 16.7. The molecular weight excluding hydrogens is 240 g/mol. The van der Waals surface area contributed by atoms with E-state index >= 15 is 0 Å². The van der Waals surface area contributed by atoms with Gasteiger partial charge in [-0.25, -0.2) is 4.79 Å². The summed E-state index contributed by atoms with van der Waals surface area (Å²) >= 11 is 0. The molecule has 0 heterocycles. The van der Waals surface area contributed by atoms with Crippen LogP contribution in [0.15, 0.2) is 73.0 Å². The highest BCUT2D eigenvalue weighted by Crippen LogP contribution is 2.09. The number of para-hydroxylation sites is 1. The van der Waals surface area contributed by atoms with E-state index in [1.807, 2.05) is 36.4 Å². The van der Waals surface area contributed by atoms with E-state index < -0.39 is 6.16 Å². The quantitative estimate of drug-likeness (QED) is 0.470. The maximum absolute atomic E-state index is 11.3. The van der Waals surface area contributed by atoms with Crippen LogP contribution in [-0.2, 0) is 11.2 Å². The van der Waals surface area contributed by atoms with Crippen molar-refractivity contribution in [2.75, 3.05) is 0 Å². The maximum atomic E-state index is 11.3. The number of rotatable bonds is 4. The van der Waals surface area contributed by atoms with Crippen molar-refractivity contribution in [3.63, 3.8) is 0 Å². The molecule has 2 aromatic carbocycles. The Labute approximate surface area is 112 Å². The van der Waals surface area contributed by atoms with Gasteiger partial charge in [-0.3, -0.25) is 0 Å². The van der Waals surface area contributed by atoms with Gasteiger partial charge in [0.25, 0.3) is 0 Å². The maximum Gasteiger partial charge on any atom is 0.518 e. The lowest BCUT2D eigenvalue weighted by Crippen LogP contribution is -2.06. The Balaban J connectivity index is 1.75. The molecule has 0 aliphatic heterocycles. The largest absolute Gasteiger partial charge is 0.518 e. The number of hydrogen-bond donors (Lipinski definition) is 0. The van der Waals surface area contributed by atoms with Crippen molar-refractivity contribution in [3.05, 3.63) is 78.6 Å². The molecule has 0 saturated carbocycles. The van der Waals surface area contributed by atoms with Gasteiger partial charge in [-0.1, -0.05) is 48.5 Å².